The number of benzene rings is 1. The van der Waals surface area contributed by atoms with Crippen molar-refractivity contribution in [3.05, 3.63) is 29.6 Å². The number of aliphatic hydroxyl groups excluding tert-OH is 1. The number of sulfonamides is 1. The third-order valence-corrected chi connectivity index (χ3v) is 3.75. The van der Waals surface area contributed by atoms with Crippen LogP contribution in [0.4, 0.5) is 4.39 Å². The lowest BCUT2D eigenvalue weighted by atomic mass is 10.2. The molecule has 0 saturated heterocycles. The third-order valence-electron chi connectivity index (χ3n) is 2.31. The Labute approximate surface area is 101 Å². The smallest absolute Gasteiger partial charge is 0.243 e. The summed E-state index contributed by atoms with van der Waals surface area (Å²) in [6, 6.07) is 3.91. The van der Waals surface area contributed by atoms with Gasteiger partial charge in [-0.2, -0.15) is 0 Å². The van der Waals surface area contributed by atoms with Gasteiger partial charge in [-0.3, -0.25) is 0 Å². The van der Waals surface area contributed by atoms with Crippen LogP contribution in [0.2, 0.25) is 0 Å². The molecule has 0 aromatic heterocycles. The van der Waals surface area contributed by atoms with Crippen molar-refractivity contribution in [3.8, 4) is 0 Å². The van der Waals surface area contributed by atoms with Crippen LogP contribution in [-0.4, -0.2) is 26.7 Å². The molecule has 17 heavy (non-hydrogen) atoms. The van der Waals surface area contributed by atoms with E-state index >= 15 is 0 Å². The molecule has 2 N–H and O–H groups in total. The number of aliphatic hydroxyl groups is 1. The fourth-order valence-electron chi connectivity index (χ4n) is 1.21. The van der Waals surface area contributed by atoms with Gasteiger partial charge in [0.15, 0.2) is 0 Å². The van der Waals surface area contributed by atoms with Crippen LogP contribution >= 0.6 is 0 Å². The number of hydrogen-bond donors (Lipinski definition) is 2. The minimum Gasteiger partial charge on any atom is -0.396 e. The molecule has 1 unspecified atom stereocenters. The molecule has 0 amide bonds. The zero-order chi connectivity index (χ0) is 13.1. The minimum absolute atomic E-state index is 0.0756. The molecule has 0 saturated carbocycles. The van der Waals surface area contributed by atoms with Gasteiger partial charge >= 0.3 is 0 Å². The van der Waals surface area contributed by atoms with E-state index in [0.29, 0.717) is 5.56 Å². The zero-order valence-corrected chi connectivity index (χ0v) is 10.6. The molecule has 1 rings (SSSR count). The Morgan fingerprint density at radius 1 is 1.47 bits per heavy atom. The van der Waals surface area contributed by atoms with Gasteiger partial charge in [-0.05, 0) is 30.5 Å². The first-order valence-electron chi connectivity index (χ1n) is 5.23. The van der Waals surface area contributed by atoms with Crippen molar-refractivity contribution >= 4 is 10.0 Å². The lowest BCUT2D eigenvalue weighted by molar-refractivity contribution is 0.238. The molecule has 0 aliphatic rings. The maximum Gasteiger partial charge on any atom is 0.243 e. The largest absolute Gasteiger partial charge is 0.396 e. The molecule has 0 fully saturated rings. The summed E-state index contributed by atoms with van der Waals surface area (Å²) in [5, 5.41) is 8.79. The predicted molar refractivity (Wildman–Crippen MR) is 62.6 cm³/mol. The van der Waals surface area contributed by atoms with E-state index in [1.165, 1.54) is 12.1 Å². The van der Waals surface area contributed by atoms with Crippen molar-refractivity contribution in [3.63, 3.8) is 0 Å². The summed E-state index contributed by atoms with van der Waals surface area (Å²) in [7, 11) is -3.85. The van der Waals surface area contributed by atoms with Gasteiger partial charge in [0, 0.05) is 13.2 Å². The second-order valence-corrected chi connectivity index (χ2v) is 5.81. The number of hydrogen-bond acceptors (Lipinski definition) is 3. The maximum absolute atomic E-state index is 13.4. The van der Waals surface area contributed by atoms with Gasteiger partial charge in [0.2, 0.25) is 10.0 Å². The molecule has 0 radical (unpaired) electrons. The van der Waals surface area contributed by atoms with Crippen LogP contribution in [0.15, 0.2) is 23.1 Å². The summed E-state index contributed by atoms with van der Waals surface area (Å²) in [5.74, 6) is -0.989. The van der Waals surface area contributed by atoms with Gasteiger partial charge in [0.05, 0.1) is 0 Å². The van der Waals surface area contributed by atoms with E-state index < -0.39 is 15.8 Å². The standard InChI is InChI=1S/C11H16FNO3S/c1-8-3-4-10(12)11(5-8)17(15,16)13-6-9(2)7-14/h3-5,9,13-14H,6-7H2,1-2H3. The fourth-order valence-corrected chi connectivity index (χ4v) is 2.54. The monoisotopic (exact) mass is 261 g/mol. The molecule has 4 nitrogen and oxygen atoms in total. The SMILES string of the molecule is Cc1ccc(F)c(S(=O)(=O)NCC(C)CO)c1. The average Bonchev–Trinajstić information content (AvgIpc) is 2.29. The van der Waals surface area contributed by atoms with Gasteiger partial charge in [0.1, 0.15) is 10.7 Å². The van der Waals surface area contributed by atoms with Gasteiger partial charge in [-0.15, -0.1) is 0 Å². The highest BCUT2D eigenvalue weighted by Crippen LogP contribution is 2.15. The van der Waals surface area contributed by atoms with E-state index in [1.54, 1.807) is 13.8 Å². The Morgan fingerprint density at radius 2 is 2.12 bits per heavy atom. The molecule has 0 aliphatic carbocycles. The minimum atomic E-state index is -3.85. The molecular weight excluding hydrogens is 245 g/mol. The van der Waals surface area contributed by atoms with Crippen LogP contribution in [0.25, 0.3) is 0 Å². The van der Waals surface area contributed by atoms with Crippen molar-refractivity contribution in [1.29, 1.82) is 0 Å². The van der Waals surface area contributed by atoms with Crippen molar-refractivity contribution in [2.75, 3.05) is 13.2 Å². The quantitative estimate of drug-likeness (QED) is 0.832. The number of aryl methyl sites for hydroxylation is 1. The Bertz CT molecular complexity index is 487. The van der Waals surface area contributed by atoms with E-state index in [1.807, 2.05) is 0 Å². The van der Waals surface area contributed by atoms with E-state index in [4.69, 9.17) is 5.11 Å². The molecule has 0 spiro atoms. The molecule has 96 valence electrons. The first-order valence-corrected chi connectivity index (χ1v) is 6.72. The first-order chi connectivity index (χ1) is 7.86. The van der Waals surface area contributed by atoms with Crippen LogP contribution in [-0.2, 0) is 10.0 Å². The number of nitrogens with one attached hydrogen (secondary N) is 1. The molecule has 1 aromatic rings. The van der Waals surface area contributed by atoms with Gasteiger partial charge < -0.3 is 5.11 Å². The van der Waals surface area contributed by atoms with Gasteiger partial charge in [-0.1, -0.05) is 13.0 Å². The first kappa shape index (κ1) is 14.1. The zero-order valence-electron chi connectivity index (χ0n) is 9.77. The van der Waals surface area contributed by atoms with Crippen LogP contribution in [0, 0.1) is 18.7 Å². The van der Waals surface area contributed by atoms with E-state index in [9.17, 15) is 12.8 Å². The van der Waals surface area contributed by atoms with E-state index in [2.05, 4.69) is 4.72 Å². The number of rotatable bonds is 5. The summed E-state index contributed by atoms with van der Waals surface area (Å²) >= 11 is 0. The summed E-state index contributed by atoms with van der Waals surface area (Å²) in [4.78, 5) is -0.359. The van der Waals surface area contributed by atoms with Crippen LogP contribution in [0.1, 0.15) is 12.5 Å². The maximum atomic E-state index is 13.4. The molecule has 0 heterocycles. The fraction of sp³-hybridized carbons (Fsp3) is 0.455. The highest BCUT2D eigenvalue weighted by atomic mass is 32.2. The molecule has 6 heteroatoms. The summed E-state index contributed by atoms with van der Waals surface area (Å²) in [6.45, 7) is 3.33. The average molecular weight is 261 g/mol. The van der Waals surface area contributed by atoms with Crippen LogP contribution in [0.5, 0.6) is 0 Å². The lowest BCUT2D eigenvalue weighted by Crippen LogP contribution is -2.30. The van der Waals surface area contributed by atoms with Gasteiger partial charge in [0.25, 0.3) is 0 Å². The normalized spacial score (nSPS) is 13.6. The van der Waals surface area contributed by atoms with Crippen molar-refractivity contribution in [1.82, 2.24) is 4.72 Å². The Hall–Kier alpha value is -0.980. The number of halogens is 1. The second kappa shape index (κ2) is 5.57. The third kappa shape index (κ3) is 3.76. The molecule has 1 atom stereocenters. The molecule has 1 aromatic carbocycles. The summed E-state index contributed by atoms with van der Waals surface area (Å²) in [6.07, 6.45) is 0. The Morgan fingerprint density at radius 3 is 2.71 bits per heavy atom. The molecule has 0 bridgehead atoms. The topological polar surface area (TPSA) is 66.4 Å². The highest BCUT2D eigenvalue weighted by molar-refractivity contribution is 7.89. The van der Waals surface area contributed by atoms with Crippen LogP contribution < -0.4 is 4.72 Å². The Kier molecular flexibility index (Phi) is 4.62. The van der Waals surface area contributed by atoms with Crippen molar-refractivity contribution in [2.45, 2.75) is 18.7 Å². The molecule has 0 aliphatic heterocycles. The van der Waals surface area contributed by atoms with Gasteiger partial charge in [-0.25, -0.2) is 17.5 Å². The molecular formula is C11H16FNO3S. The van der Waals surface area contributed by atoms with E-state index in [-0.39, 0.29) is 24.0 Å². The van der Waals surface area contributed by atoms with E-state index in [0.717, 1.165) is 6.07 Å². The summed E-state index contributed by atoms with van der Waals surface area (Å²) < 4.78 is 39.3. The van der Waals surface area contributed by atoms with Crippen LogP contribution in [0.3, 0.4) is 0 Å². The lowest BCUT2D eigenvalue weighted by Gasteiger charge is -2.11. The summed E-state index contributed by atoms with van der Waals surface area (Å²) in [5.41, 5.74) is 0.669. The highest BCUT2D eigenvalue weighted by Gasteiger charge is 2.19. The second-order valence-electron chi connectivity index (χ2n) is 4.07. The predicted octanol–water partition coefficient (Wildman–Crippen LogP) is 1.04. The Balaban J connectivity index is 2.93. The van der Waals surface area contributed by atoms with Crippen molar-refractivity contribution < 1.29 is 17.9 Å². The van der Waals surface area contributed by atoms with Crippen molar-refractivity contribution in [2.24, 2.45) is 5.92 Å².